The van der Waals surface area contributed by atoms with E-state index >= 15 is 0 Å². The van der Waals surface area contributed by atoms with Gasteiger partial charge in [0.05, 0.1) is 5.69 Å². The molecule has 2 aliphatic rings. The van der Waals surface area contributed by atoms with Crippen molar-refractivity contribution in [2.45, 2.75) is 37.8 Å². The lowest BCUT2D eigenvalue weighted by molar-refractivity contribution is 0.452. The minimum Gasteiger partial charge on any atom is -0.330 e. The number of fused-ring (bicyclic) bond motifs is 1. The molecule has 88 valence electrons. The number of aromatic nitrogens is 2. The minimum atomic E-state index is 0.257. The van der Waals surface area contributed by atoms with Crippen LogP contribution in [0.4, 0.5) is 0 Å². The van der Waals surface area contributed by atoms with Crippen molar-refractivity contribution in [3.8, 4) is 0 Å². The number of nitrogens with two attached hydrogens (primary N) is 1. The van der Waals surface area contributed by atoms with Gasteiger partial charge in [0.25, 0.3) is 0 Å². The fourth-order valence-corrected chi connectivity index (χ4v) is 4.10. The summed E-state index contributed by atoms with van der Waals surface area (Å²) >= 11 is 8.23. The Hall–Kier alpha value is -0.190. The molecule has 0 bridgehead atoms. The smallest absolute Gasteiger partial charge is 0.150 e. The van der Waals surface area contributed by atoms with Gasteiger partial charge in [-0.3, -0.25) is 0 Å². The molecule has 2 N–H and O–H groups in total. The number of rotatable bonds is 1. The highest BCUT2D eigenvalue weighted by molar-refractivity contribution is 7.99. The van der Waals surface area contributed by atoms with Crippen LogP contribution in [0.15, 0.2) is 0 Å². The average Bonchev–Trinajstić information content (AvgIpc) is 2.87. The van der Waals surface area contributed by atoms with E-state index in [9.17, 15) is 0 Å². The van der Waals surface area contributed by atoms with E-state index in [-0.39, 0.29) is 6.04 Å². The van der Waals surface area contributed by atoms with Gasteiger partial charge in [0.15, 0.2) is 5.15 Å². The molecule has 0 amide bonds. The van der Waals surface area contributed by atoms with Gasteiger partial charge < -0.3 is 10.3 Å². The van der Waals surface area contributed by atoms with Crippen molar-refractivity contribution in [2.24, 2.45) is 5.73 Å². The zero-order valence-corrected chi connectivity index (χ0v) is 10.7. The zero-order valence-electron chi connectivity index (χ0n) is 9.16. The summed E-state index contributed by atoms with van der Waals surface area (Å²) in [6.45, 7) is 0.993. The van der Waals surface area contributed by atoms with E-state index in [1.54, 1.807) is 0 Å². The summed E-state index contributed by atoms with van der Waals surface area (Å²) in [6.07, 6.45) is 3.17. The summed E-state index contributed by atoms with van der Waals surface area (Å²) in [4.78, 5) is 4.57. The molecular weight excluding hydrogens is 242 g/mol. The Bertz CT molecular complexity index is 398. The molecule has 0 radical (unpaired) electrons. The quantitative estimate of drug-likeness (QED) is 0.837. The van der Waals surface area contributed by atoms with Crippen LogP contribution in [-0.4, -0.2) is 27.1 Å². The van der Waals surface area contributed by atoms with E-state index < -0.39 is 0 Å². The first kappa shape index (κ1) is 10.9. The summed E-state index contributed by atoms with van der Waals surface area (Å²) in [5, 5.41) is 0.682. The van der Waals surface area contributed by atoms with Crippen LogP contribution in [0.5, 0.6) is 0 Å². The molecule has 2 atom stereocenters. The maximum Gasteiger partial charge on any atom is 0.150 e. The molecule has 0 aromatic carbocycles. The van der Waals surface area contributed by atoms with Crippen LogP contribution < -0.4 is 5.73 Å². The van der Waals surface area contributed by atoms with Gasteiger partial charge in [-0.25, -0.2) is 4.98 Å². The molecule has 16 heavy (non-hydrogen) atoms. The minimum absolute atomic E-state index is 0.257. The Balaban J connectivity index is 1.97. The second-order valence-corrected chi connectivity index (χ2v) is 6.18. The second-order valence-electron chi connectivity index (χ2n) is 4.67. The van der Waals surface area contributed by atoms with Gasteiger partial charge in [-0.15, -0.1) is 0 Å². The number of thioether (sulfide) groups is 1. The SMILES string of the molecule is NC1CCn2c(C3CCSC3)nc(Cl)c2C1. The van der Waals surface area contributed by atoms with Gasteiger partial charge in [0.1, 0.15) is 5.82 Å². The molecule has 3 heterocycles. The summed E-state index contributed by atoms with van der Waals surface area (Å²) < 4.78 is 2.32. The van der Waals surface area contributed by atoms with Crippen molar-refractivity contribution in [3.05, 3.63) is 16.7 Å². The fourth-order valence-electron chi connectivity index (χ4n) is 2.61. The third-order valence-electron chi connectivity index (χ3n) is 3.53. The van der Waals surface area contributed by atoms with Crippen LogP contribution >= 0.6 is 23.4 Å². The number of hydrogen-bond acceptors (Lipinski definition) is 3. The van der Waals surface area contributed by atoms with Crippen LogP contribution in [-0.2, 0) is 13.0 Å². The average molecular weight is 258 g/mol. The van der Waals surface area contributed by atoms with Crippen molar-refractivity contribution in [3.63, 3.8) is 0 Å². The lowest BCUT2D eigenvalue weighted by atomic mass is 10.0. The molecule has 1 fully saturated rings. The van der Waals surface area contributed by atoms with Crippen molar-refractivity contribution in [1.29, 1.82) is 0 Å². The monoisotopic (exact) mass is 257 g/mol. The number of imidazole rings is 1. The Labute approximate surface area is 105 Å². The Morgan fingerprint density at radius 1 is 1.44 bits per heavy atom. The Morgan fingerprint density at radius 3 is 3.06 bits per heavy atom. The predicted molar refractivity (Wildman–Crippen MR) is 68.2 cm³/mol. The topological polar surface area (TPSA) is 43.8 Å². The van der Waals surface area contributed by atoms with Crippen LogP contribution in [0.3, 0.4) is 0 Å². The highest BCUT2D eigenvalue weighted by Crippen LogP contribution is 2.35. The van der Waals surface area contributed by atoms with Crippen molar-refractivity contribution in [2.75, 3.05) is 11.5 Å². The van der Waals surface area contributed by atoms with Crippen LogP contribution in [0, 0.1) is 0 Å². The Kier molecular flexibility index (Phi) is 2.90. The number of hydrogen-bond donors (Lipinski definition) is 1. The first-order valence-corrected chi connectivity index (χ1v) is 7.37. The molecule has 0 spiro atoms. The maximum absolute atomic E-state index is 6.21. The normalized spacial score (nSPS) is 29.4. The van der Waals surface area contributed by atoms with Crippen LogP contribution in [0.1, 0.15) is 30.3 Å². The van der Waals surface area contributed by atoms with E-state index in [1.165, 1.54) is 23.8 Å². The summed E-state index contributed by atoms with van der Waals surface area (Å²) in [6, 6.07) is 0.257. The molecule has 3 rings (SSSR count). The molecule has 2 aliphatic heterocycles. The largest absolute Gasteiger partial charge is 0.330 e. The van der Waals surface area contributed by atoms with Gasteiger partial charge in [0.2, 0.25) is 0 Å². The first-order valence-electron chi connectivity index (χ1n) is 5.84. The van der Waals surface area contributed by atoms with Gasteiger partial charge in [-0.1, -0.05) is 11.6 Å². The molecular formula is C11H16ClN3S. The highest BCUT2D eigenvalue weighted by Gasteiger charge is 2.28. The third-order valence-corrected chi connectivity index (χ3v) is 4.99. The molecule has 0 aliphatic carbocycles. The van der Waals surface area contributed by atoms with Crippen molar-refractivity contribution in [1.82, 2.24) is 9.55 Å². The van der Waals surface area contributed by atoms with Crippen LogP contribution in [0.25, 0.3) is 0 Å². The zero-order chi connectivity index (χ0) is 11.1. The van der Waals surface area contributed by atoms with Gasteiger partial charge in [0, 0.05) is 30.7 Å². The highest BCUT2D eigenvalue weighted by atomic mass is 35.5. The summed E-state index contributed by atoms with van der Waals surface area (Å²) in [5.74, 6) is 4.26. The molecule has 5 heteroatoms. The fraction of sp³-hybridized carbons (Fsp3) is 0.727. The third kappa shape index (κ3) is 1.77. The Morgan fingerprint density at radius 2 is 2.31 bits per heavy atom. The molecule has 1 saturated heterocycles. The van der Waals surface area contributed by atoms with Gasteiger partial charge in [-0.2, -0.15) is 11.8 Å². The predicted octanol–water partition coefficient (Wildman–Crippen LogP) is 2.03. The molecule has 1 aromatic rings. The molecule has 1 aromatic heterocycles. The van der Waals surface area contributed by atoms with Crippen LogP contribution in [0.2, 0.25) is 5.15 Å². The van der Waals surface area contributed by atoms with Gasteiger partial charge >= 0.3 is 0 Å². The lowest BCUT2D eigenvalue weighted by Gasteiger charge is -2.23. The van der Waals surface area contributed by atoms with E-state index in [0.29, 0.717) is 11.1 Å². The maximum atomic E-state index is 6.21. The molecule has 0 saturated carbocycles. The standard InChI is InChI=1S/C11H16ClN3S/c12-10-9-5-8(13)1-3-15(9)11(14-10)7-2-4-16-6-7/h7-8H,1-6,13H2. The van der Waals surface area contributed by atoms with E-state index in [1.807, 2.05) is 11.8 Å². The van der Waals surface area contributed by atoms with Crippen molar-refractivity contribution < 1.29 is 0 Å². The first-order chi connectivity index (χ1) is 7.75. The van der Waals surface area contributed by atoms with E-state index in [2.05, 4.69) is 9.55 Å². The lowest BCUT2D eigenvalue weighted by Crippen LogP contribution is -2.31. The van der Waals surface area contributed by atoms with E-state index in [0.717, 1.165) is 25.1 Å². The van der Waals surface area contributed by atoms with Crippen molar-refractivity contribution >= 4 is 23.4 Å². The van der Waals surface area contributed by atoms with Gasteiger partial charge in [-0.05, 0) is 18.6 Å². The molecule has 2 unspecified atom stereocenters. The van der Waals surface area contributed by atoms with E-state index in [4.69, 9.17) is 17.3 Å². The number of halogens is 1. The summed E-state index contributed by atoms with van der Waals surface area (Å²) in [5.41, 5.74) is 7.14. The second kappa shape index (κ2) is 4.24. The number of nitrogens with zero attached hydrogens (tertiary/aromatic N) is 2. The molecule has 3 nitrogen and oxygen atoms in total. The summed E-state index contributed by atoms with van der Waals surface area (Å²) in [7, 11) is 0.